The molecule has 2 aromatic carbocycles. The number of hydrogen-bond acceptors (Lipinski definition) is 10. The fourth-order valence-corrected chi connectivity index (χ4v) is 8.90. The van der Waals surface area contributed by atoms with Gasteiger partial charge in [-0.3, -0.25) is 14.4 Å². The first-order valence-electron chi connectivity index (χ1n) is 17.3. The van der Waals surface area contributed by atoms with Crippen molar-refractivity contribution in [3.8, 4) is 23.0 Å². The van der Waals surface area contributed by atoms with Crippen LogP contribution < -0.4 is 9.47 Å². The number of phenolic OH excluding ortho intramolecular Hbond substituents is 2. The number of hydrogen-bond donors (Lipinski definition) is 2. The molecule has 2 aliphatic carbocycles. The van der Waals surface area contributed by atoms with Gasteiger partial charge in [-0.15, -0.1) is 0 Å². The largest absolute Gasteiger partial charge is 0.741 e. The Bertz CT molecular complexity index is 2080. The molecule has 298 valence electrons. The second kappa shape index (κ2) is 17.2. The van der Waals surface area contributed by atoms with E-state index in [0.29, 0.717) is 55.7 Å². The number of benzene rings is 2. The standard InChI is InChI=1S/C18H20BrNO4.C18H18BrNO3.CHF3O3S/c1-24-18-9-15(19)12(8-17(18)23)7-16-14-3-2-13(22)6-11(14)4-5-20(16)10-21;1-23-17-8-15(19)13-7-16-12-3-2-11(21)6-10(12)4-5-20(16)9-14(13)18(17)22;2-1(3,4)8(5,6)7/h8-10,16,23H,2-7H2,1H3;6,8-9,12,16H,2-5,7H2,1H3;(H,5,6,7). The lowest BCUT2D eigenvalue weighted by Crippen LogP contribution is -2.46. The highest BCUT2D eigenvalue weighted by atomic mass is 79.9. The molecule has 2 N–H and O–H groups in total. The molecular formula is C37H39Br2F3N2O10S. The molecule has 3 atom stereocenters. The molecular weight excluding hydrogens is 881 g/mol. The third kappa shape index (κ3) is 9.46. The number of Topliss-reactive ketones (excluding diaryl/α,β-unsaturated/α-hetero) is 1. The van der Waals surface area contributed by atoms with Crippen molar-refractivity contribution in [3.63, 3.8) is 0 Å². The van der Waals surface area contributed by atoms with Gasteiger partial charge in [0.25, 0.3) is 0 Å². The van der Waals surface area contributed by atoms with Crippen LogP contribution >= 0.6 is 31.9 Å². The number of methoxy groups -OCH3 is 2. The predicted octanol–water partition coefficient (Wildman–Crippen LogP) is 5.87. The molecule has 12 nitrogen and oxygen atoms in total. The molecule has 7 rings (SSSR count). The van der Waals surface area contributed by atoms with Gasteiger partial charge in [0, 0.05) is 53.5 Å². The number of amides is 1. The highest BCUT2D eigenvalue weighted by Crippen LogP contribution is 2.43. The van der Waals surface area contributed by atoms with Crippen LogP contribution in [0.4, 0.5) is 13.2 Å². The maximum Gasteiger partial charge on any atom is 0.485 e. The summed E-state index contributed by atoms with van der Waals surface area (Å²) in [5.41, 5.74) is 0.976. The fraction of sp³-hybridized carbons (Fsp3) is 0.459. The topological polar surface area (TPSA) is 174 Å². The van der Waals surface area contributed by atoms with Gasteiger partial charge in [-0.05, 0) is 66.7 Å². The fourth-order valence-electron chi connectivity index (χ4n) is 7.84. The first kappa shape index (κ1) is 42.4. The quantitative estimate of drug-likeness (QED) is 0.122. The molecule has 1 amide bonds. The minimum atomic E-state index is -6.09. The number of piperidine rings is 1. The summed E-state index contributed by atoms with van der Waals surface area (Å²) in [5.74, 6) is 2.20. The second-order valence-corrected chi connectivity index (χ2v) is 16.8. The molecule has 55 heavy (non-hydrogen) atoms. The van der Waals surface area contributed by atoms with Crippen LogP contribution in [0.5, 0.6) is 23.0 Å². The van der Waals surface area contributed by atoms with Crippen LogP contribution in [0.1, 0.15) is 61.6 Å². The molecule has 0 saturated carbocycles. The average molecular weight is 921 g/mol. The summed E-state index contributed by atoms with van der Waals surface area (Å²) in [6.45, 7) is 1.54. The lowest BCUT2D eigenvalue weighted by Gasteiger charge is -2.39. The molecule has 0 bridgehead atoms. The molecule has 1 saturated heterocycles. The van der Waals surface area contributed by atoms with Crippen LogP contribution in [-0.2, 0) is 37.3 Å². The maximum atomic E-state index is 11.7. The molecule has 3 aliphatic heterocycles. The predicted molar refractivity (Wildman–Crippen MR) is 199 cm³/mol. The van der Waals surface area contributed by atoms with Crippen LogP contribution in [0, 0.1) is 5.92 Å². The number of rotatable bonds is 5. The summed E-state index contributed by atoms with van der Waals surface area (Å²) in [7, 11) is -3.02. The van der Waals surface area contributed by atoms with Crippen LogP contribution in [0.2, 0.25) is 0 Å². The normalized spacial score (nSPS) is 21.9. The van der Waals surface area contributed by atoms with E-state index in [1.165, 1.54) is 23.8 Å². The number of fused-ring (bicyclic) bond motifs is 4. The van der Waals surface area contributed by atoms with Crippen molar-refractivity contribution >= 4 is 66.2 Å². The van der Waals surface area contributed by atoms with Gasteiger partial charge in [0.1, 0.15) is 12.3 Å². The Hall–Kier alpha value is -3.74. The van der Waals surface area contributed by atoms with E-state index in [2.05, 4.69) is 42.7 Å². The molecule has 2 aromatic rings. The molecule has 1 fully saturated rings. The number of halogens is 5. The highest BCUT2D eigenvalue weighted by molar-refractivity contribution is 9.10. The van der Waals surface area contributed by atoms with E-state index in [9.17, 15) is 37.8 Å². The Balaban J connectivity index is 0.000000177. The van der Waals surface area contributed by atoms with Crippen molar-refractivity contribution in [2.75, 3.05) is 27.3 Å². The summed E-state index contributed by atoms with van der Waals surface area (Å²) >= 11 is 7.14. The van der Waals surface area contributed by atoms with Gasteiger partial charge in [0.05, 0.1) is 25.8 Å². The summed E-state index contributed by atoms with van der Waals surface area (Å²) < 4.78 is 73.4. The summed E-state index contributed by atoms with van der Waals surface area (Å²) in [5, 5.41) is 20.5. The molecule has 0 aromatic heterocycles. The van der Waals surface area contributed by atoms with Gasteiger partial charge in [0.15, 0.2) is 51.2 Å². The number of ketones is 2. The second-order valence-electron chi connectivity index (χ2n) is 13.7. The van der Waals surface area contributed by atoms with Crippen molar-refractivity contribution in [2.45, 2.75) is 75.4 Å². The smallest absolute Gasteiger partial charge is 0.485 e. The van der Waals surface area contributed by atoms with Crippen molar-refractivity contribution in [2.24, 2.45) is 5.92 Å². The number of nitrogens with zero attached hydrogens (tertiary/aromatic N) is 2. The van der Waals surface area contributed by atoms with E-state index in [4.69, 9.17) is 22.4 Å². The van der Waals surface area contributed by atoms with Crippen LogP contribution in [0.15, 0.2) is 49.9 Å². The highest BCUT2D eigenvalue weighted by Gasteiger charge is 2.43. The van der Waals surface area contributed by atoms with E-state index >= 15 is 0 Å². The molecule has 3 unspecified atom stereocenters. The van der Waals surface area contributed by atoms with Crippen LogP contribution in [0.25, 0.3) is 0 Å². The number of alkyl halides is 3. The van der Waals surface area contributed by atoms with Gasteiger partial charge in [-0.2, -0.15) is 13.2 Å². The van der Waals surface area contributed by atoms with Gasteiger partial charge >= 0.3 is 5.51 Å². The Labute approximate surface area is 332 Å². The number of allylic oxidation sites excluding steroid dienone is 1. The first-order valence-corrected chi connectivity index (χ1v) is 20.3. The molecule has 0 radical (unpaired) electrons. The number of phenols is 2. The van der Waals surface area contributed by atoms with E-state index < -0.39 is 15.6 Å². The number of carbonyl (C=O) groups is 3. The minimum Gasteiger partial charge on any atom is -0.741 e. The third-order valence-electron chi connectivity index (χ3n) is 10.6. The zero-order valence-corrected chi connectivity index (χ0v) is 33.8. The van der Waals surface area contributed by atoms with Crippen LogP contribution in [-0.4, -0.2) is 102 Å². The lowest BCUT2D eigenvalue weighted by atomic mass is 9.74. The van der Waals surface area contributed by atoms with Gasteiger partial charge in [-0.25, -0.2) is 13.0 Å². The Morgan fingerprint density at radius 2 is 1.69 bits per heavy atom. The lowest BCUT2D eigenvalue weighted by molar-refractivity contribution is -0.577. The Morgan fingerprint density at radius 1 is 1.02 bits per heavy atom. The maximum absolute atomic E-state index is 11.7. The summed E-state index contributed by atoms with van der Waals surface area (Å²) in [6, 6.07) is 5.57. The average Bonchev–Trinajstić information content (AvgIpc) is 3.13. The van der Waals surface area contributed by atoms with Crippen molar-refractivity contribution < 1.29 is 64.8 Å². The zero-order chi connectivity index (χ0) is 40.4. The van der Waals surface area contributed by atoms with Gasteiger partial charge < -0.3 is 29.1 Å². The number of carbonyl (C=O) groups excluding carboxylic acids is 3. The van der Waals surface area contributed by atoms with Crippen molar-refractivity contribution in [1.82, 2.24) is 4.90 Å². The van der Waals surface area contributed by atoms with E-state index in [1.54, 1.807) is 19.2 Å². The van der Waals surface area contributed by atoms with Crippen LogP contribution in [0.3, 0.4) is 0 Å². The van der Waals surface area contributed by atoms with E-state index in [-0.39, 0.29) is 29.1 Å². The summed E-state index contributed by atoms with van der Waals surface area (Å²) in [4.78, 5) is 36.7. The van der Waals surface area contributed by atoms with Crippen molar-refractivity contribution in [3.05, 3.63) is 66.6 Å². The summed E-state index contributed by atoms with van der Waals surface area (Å²) in [6.07, 6.45) is 11.4. The molecule has 18 heteroatoms. The van der Waals surface area contributed by atoms with E-state index in [0.717, 1.165) is 70.7 Å². The van der Waals surface area contributed by atoms with Gasteiger partial charge in [0.2, 0.25) is 6.41 Å². The molecule has 0 spiro atoms. The zero-order valence-electron chi connectivity index (χ0n) is 29.8. The molecule has 3 heterocycles. The Kier molecular flexibility index (Phi) is 13.2. The SMILES string of the molecule is COc1cc(Br)c(CC2C3=C(CCN2C=O)CC(=O)CC3)cc1O.COc1cc(Br)c2c(c1O)C=[N+]1CCC3=CC(=O)CCC3C1C2.O=S(=O)([O-])C(F)(F)F. The number of aromatic hydroxyl groups is 2. The first-order chi connectivity index (χ1) is 25.9. The third-order valence-corrected chi connectivity index (χ3v) is 12.6. The monoisotopic (exact) mass is 918 g/mol. The van der Waals surface area contributed by atoms with E-state index in [1.807, 2.05) is 17.0 Å². The van der Waals surface area contributed by atoms with Crippen molar-refractivity contribution in [1.29, 1.82) is 0 Å². The Morgan fingerprint density at radius 3 is 2.33 bits per heavy atom. The number of ether oxygens (including phenoxy) is 2. The van der Waals surface area contributed by atoms with Gasteiger partial charge in [-0.1, -0.05) is 43.0 Å². The molecule has 5 aliphatic rings. The minimum absolute atomic E-state index is 0.0524.